The highest BCUT2D eigenvalue weighted by Gasteiger charge is 2.38. The number of alkyl halides is 3. The van der Waals surface area contributed by atoms with Crippen LogP contribution in [0.25, 0.3) is 11.4 Å². The fourth-order valence-corrected chi connectivity index (χ4v) is 1.70. The quantitative estimate of drug-likeness (QED) is 0.814. The summed E-state index contributed by atoms with van der Waals surface area (Å²) in [7, 11) is 1.23. The summed E-state index contributed by atoms with van der Waals surface area (Å²) >= 11 is 0. The first-order valence-corrected chi connectivity index (χ1v) is 5.69. The molecule has 0 amide bonds. The van der Waals surface area contributed by atoms with E-state index in [1.807, 2.05) is 0 Å². The number of aromatic nitrogens is 2. The van der Waals surface area contributed by atoms with Crippen molar-refractivity contribution in [1.29, 1.82) is 0 Å². The van der Waals surface area contributed by atoms with Crippen molar-refractivity contribution in [1.82, 2.24) is 10.1 Å². The van der Waals surface area contributed by atoms with Crippen molar-refractivity contribution in [2.24, 2.45) is 0 Å². The van der Waals surface area contributed by atoms with Gasteiger partial charge in [-0.25, -0.2) is 9.50 Å². The number of halogens is 4. The molecular weight excluding hydrogens is 296 g/mol. The van der Waals surface area contributed by atoms with Gasteiger partial charge >= 0.3 is 12.1 Å². The van der Waals surface area contributed by atoms with E-state index in [1.54, 1.807) is 0 Å². The average Bonchev–Trinajstić information content (AvgIpc) is 2.91. The molecular formula is C12H9F4N2O3. The van der Waals surface area contributed by atoms with E-state index < -0.39 is 36.4 Å². The minimum absolute atomic E-state index is 0.0802. The minimum atomic E-state index is -4.82. The molecule has 1 aromatic heterocycles. The minimum Gasteiger partial charge on any atom is -0.374 e. The second-order valence-electron chi connectivity index (χ2n) is 4.02. The third kappa shape index (κ3) is 3.03. The second-order valence-corrected chi connectivity index (χ2v) is 4.02. The lowest BCUT2D eigenvalue weighted by atomic mass is 10.0. The fourth-order valence-electron chi connectivity index (χ4n) is 1.70. The van der Waals surface area contributed by atoms with Crippen LogP contribution in [-0.4, -0.2) is 23.9 Å². The topological polar surface area (TPSA) is 68.0 Å². The van der Waals surface area contributed by atoms with Gasteiger partial charge in [0.25, 0.3) is 0 Å². The summed E-state index contributed by atoms with van der Waals surface area (Å²) in [6.45, 7) is -0.739. The number of hydrogen-bond donors (Lipinski definition) is 0. The van der Waals surface area contributed by atoms with Gasteiger partial charge in [-0.1, -0.05) is 17.3 Å². The van der Waals surface area contributed by atoms with E-state index in [1.165, 1.54) is 25.3 Å². The lowest BCUT2D eigenvalue weighted by Crippen LogP contribution is -2.09. The van der Waals surface area contributed by atoms with Gasteiger partial charge in [-0.15, -0.1) is 0 Å². The number of nitrogens with zero attached hydrogens (tertiary/aromatic N) is 2. The molecule has 0 aliphatic heterocycles. The van der Waals surface area contributed by atoms with Gasteiger partial charge in [-0.3, -0.25) is 0 Å². The van der Waals surface area contributed by atoms with Crippen LogP contribution in [0.15, 0.2) is 22.7 Å². The highest BCUT2D eigenvalue weighted by Crippen LogP contribution is 2.31. The molecule has 1 atom stereocenters. The normalized spacial score (nSPS) is 13.4. The van der Waals surface area contributed by atoms with Gasteiger partial charge in [-0.2, -0.15) is 18.2 Å². The molecule has 0 aliphatic rings. The SMILES string of the molecule is COC(C[O])c1cccc(-c2noc(C(F)(F)F)n2)c1F. The van der Waals surface area contributed by atoms with E-state index in [9.17, 15) is 22.7 Å². The summed E-state index contributed by atoms with van der Waals surface area (Å²) in [6, 6.07) is 3.84. The van der Waals surface area contributed by atoms with Crippen molar-refractivity contribution in [2.45, 2.75) is 12.3 Å². The molecule has 0 aliphatic carbocycles. The zero-order valence-electron chi connectivity index (χ0n) is 10.6. The van der Waals surface area contributed by atoms with E-state index in [4.69, 9.17) is 4.74 Å². The van der Waals surface area contributed by atoms with Gasteiger partial charge in [-0.05, 0) is 6.07 Å². The van der Waals surface area contributed by atoms with E-state index >= 15 is 0 Å². The summed E-state index contributed by atoms with van der Waals surface area (Å²) in [6.07, 6.45) is -5.87. The highest BCUT2D eigenvalue weighted by atomic mass is 19.4. The monoisotopic (exact) mass is 305 g/mol. The van der Waals surface area contributed by atoms with Crippen molar-refractivity contribution < 1.29 is 31.9 Å². The molecule has 0 saturated heterocycles. The molecule has 2 aromatic rings. The van der Waals surface area contributed by atoms with Crippen LogP contribution in [0.1, 0.15) is 17.6 Å². The fraction of sp³-hybridized carbons (Fsp3) is 0.333. The molecule has 1 heterocycles. The molecule has 21 heavy (non-hydrogen) atoms. The van der Waals surface area contributed by atoms with Crippen LogP contribution >= 0.6 is 0 Å². The predicted octanol–water partition coefficient (Wildman–Crippen LogP) is 3.01. The van der Waals surface area contributed by atoms with Gasteiger partial charge in [0, 0.05) is 12.7 Å². The van der Waals surface area contributed by atoms with E-state index in [2.05, 4.69) is 14.7 Å². The molecule has 1 aromatic carbocycles. The van der Waals surface area contributed by atoms with Gasteiger partial charge < -0.3 is 9.26 Å². The van der Waals surface area contributed by atoms with E-state index in [-0.39, 0.29) is 11.1 Å². The smallest absolute Gasteiger partial charge is 0.374 e. The Labute approximate surface area is 116 Å². The first-order chi connectivity index (χ1) is 9.88. The van der Waals surface area contributed by atoms with Crippen molar-refractivity contribution in [3.63, 3.8) is 0 Å². The summed E-state index contributed by atoms with van der Waals surface area (Å²) < 4.78 is 60.3. The Morgan fingerprint density at radius 3 is 2.62 bits per heavy atom. The standard InChI is InChI=1S/C12H9F4N2O3/c1-20-8(5-19)6-3-2-4-7(9(6)13)10-17-11(21-18-10)12(14,15)16/h2-4,8H,5H2,1H3. The zero-order chi connectivity index (χ0) is 15.6. The summed E-state index contributed by atoms with van der Waals surface area (Å²) in [4.78, 5) is 3.10. The molecule has 9 heteroatoms. The van der Waals surface area contributed by atoms with Gasteiger partial charge in [0.05, 0.1) is 5.56 Å². The Bertz CT molecular complexity index is 623. The van der Waals surface area contributed by atoms with Crippen LogP contribution in [0.2, 0.25) is 0 Å². The van der Waals surface area contributed by atoms with Crippen molar-refractivity contribution in [3.8, 4) is 11.4 Å². The number of hydrogen-bond acceptors (Lipinski definition) is 4. The maximum absolute atomic E-state index is 14.3. The molecule has 5 nitrogen and oxygen atoms in total. The molecule has 2 rings (SSSR count). The summed E-state index contributed by atoms with van der Waals surface area (Å²) in [5, 5.41) is 14.0. The molecule has 0 saturated carbocycles. The Morgan fingerprint density at radius 1 is 1.38 bits per heavy atom. The third-order valence-electron chi connectivity index (χ3n) is 2.72. The van der Waals surface area contributed by atoms with Crippen LogP contribution < -0.4 is 0 Å². The number of ether oxygens (including phenoxy) is 1. The number of methoxy groups -OCH3 is 1. The number of benzene rings is 1. The van der Waals surface area contributed by atoms with Gasteiger partial charge in [0.15, 0.2) is 0 Å². The molecule has 0 fully saturated rings. The molecule has 0 N–H and O–H groups in total. The maximum Gasteiger partial charge on any atom is 0.471 e. The summed E-state index contributed by atoms with van der Waals surface area (Å²) in [5.41, 5.74) is -0.384. The van der Waals surface area contributed by atoms with Crippen LogP contribution in [0, 0.1) is 5.82 Å². The Hall–Kier alpha value is -2.00. The van der Waals surface area contributed by atoms with Crippen LogP contribution in [-0.2, 0) is 16.0 Å². The first-order valence-electron chi connectivity index (χ1n) is 5.69. The maximum atomic E-state index is 14.3. The third-order valence-corrected chi connectivity index (χ3v) is 2.72. The molecule has 1 unspecified atom stereocenters. The molecule has 0 bridgehead atoms. The Balaban J connectivity index is 2.45. The summed E-state index contributed by atoms with van der Waals surface area (Å²) in [5.74, 6) is -3.05. The second kappa shape index (κ2) is 5.78. The van der Waals surface area contributed by atoms with Gasteiger partial charge in [0.1, 0.15) is 18.5 Å². The van der Waals surface area contributed by atoms with E-state index in [0.717, 1.165) is 0 Å². The predicted molar refractivity (Wildman–Crippen MR) is 60.0 cm³/mol. The van der Waals surface area contributed by atoms with Crippen LogP contribution in [0.5, 0.6) is 0 Å². The molecule has 113 valence electrons. The number of rotatable bonds is 4. The first kappa shape index (κ1) is 15.4. The lowest BCUT2D eigenvalue weighted by Gasteiger charge is -2.13. The van der Waals surface area contributed by atoms with Crippen molar-refractivity contribution in [2.75, 3.05) is 13.7 Å². The largest absolute Gasteiger partial charge is 0.471 e. The Kier molecular flexibility index (Phi) is 4.24. The molecule has 1 radical (unpaired) electrons. The van der Waals surface area contributed by atoms with Gasteiger partial charge in [0.2, 0.25) is 5.82 Å². The van der Waals surface area contributed by atoms with Crippen molar-refractivity contribution in [3.05, 3.63) is 35.5 Å². The Morgan fingerprint density at radius 2 is 2.10 bits per heavy atom. The lowest BCUT2D eigenvalue weighted by molar-refractivity contribution is -0.159. The van der Waals surface area contributed by atoms with Crippen molar-refractivity contribution >= 4 is 0 Å². The zero-order valence-corrected chi connectivity index (χ0v) is 10.6. The van der Waals surface area contributed by atoms with E-state index in [0.29, 0.717) is 0 Å². The average molecular weight is 305 g/mol. The van der Waals surface area contributed by atoms with Crippen LogP contribution in [0.4, 0.5) is 17.6 Å². The highest BCUT2D eigenvalue weighted by molar-refractivity contribution is 5.57. The van der Waals surface area contributed by atoms with Crippen LogP contribution in [0.3, 0.4) is 0 Å². The molecule has 0 spiro atoms.